The number of H-pyrrole nitrogens is 1. The number of aromatic amines is 1. The maximum Gasteiger partial charge on any atom is 0.280 e. The molecule has 0 unspecified atom stereocenters. The first-order chi connectivity index (χ1) is 12.6. The molecule has 26 heavy (non-hydrogen) atoms. The first-order valence-corrected chi connectivity index (χ1v) is 8.94. The lowest BCUT2D eigenvalue weighted by Gasteiger charge is -2.21. The van der Waals surface area contributed by atoms with Crippen LogP contribution in [0.1, 0.15) is 54.8 Å². The van der Waals surface area contributed by atoms with Crippen molar-refractivity contribution in [3.63, 3.8) is 0 Å². The molecule has 2 aromatic heterocycles. The molecule has 6 heteroatoms. The largest absolute Gasteiger partial charge is 0.507 e. The molecule has 2 N–H and O–H groups in total. The van der Waals surface area contributed by atoms with E-state index in [-0.39, 0.29) is 11.3 Å². The second kappa shape index (κ2) is 6.34. The number of aromatic nitrogens is 3. The van der Waals surface area contributed by atoms with Crippen molar-refractivity contribution in [2.24, 2.45) is 0 Å². The monoisotopic (exact) mass is 348 g/mol. The SMILES string of the molecule is Cc1[nH]n2c(=O)c(-c3ccc(C#N)cc3O)cnc2c1C1CCCCC1. The average molecular weight is 348 g/mol. The van der Waals surface area contributed by atoms with Gasteiger partial charge in [0, 0.05) is 23.0 Å². The number of benzene rings is 1. The van der Waals surface area contributed by atoms with E-state index in [1.807, 2.05) is 13.0 Å². The van der Waals surface area contributed by atoms with E-state index in [4.69, 9.17) is 5.26 Å². The molecule has 0 aliphatic heterocycles. The third-order valence-corrected chi connectivity index (χ3v) is 5.32. The molecule has 0 amide bonds. The summed E-state index contributed by atoms with van der Waals surface area (Å²) < 4.78 is 1.48. The third kappa shape index (κ3) is 2.57. The van der Waals surface area contributed by atoms with Crippen molar-refractivity contribution in [2.45, 2.75) is 44.9 Å². The van der Waals surface area contributed by atoms with Crippen LogP contribution in [-0.4, -0.2) is 19.7 Å². The quantitative estimate of drug-likeness (QED) is 0.739. The smallest absolute Gasteiger partial charge is 0.280 e. The van der Waals surface area contributed by atoms with Crippen LogP contribution in [-0.2, 0) is 0 Å². The van der Waals surface area contributed by atoms with Crippen LogP contribution >= 0.6 is 0 Å². The van der Waals surface area contributed by atoms with Crippen molar-refractivity contribution >= 4 is 5.65 Å². The zero-order chi connectivity index (χ0) is 18.3. The highest BCUT2D eigenvalue weighted by Crippen LogP contribution is 2.36. The lowest BCUT2D eigenvalue weighted by molar-refractivity contribution is 0.444. The molecule has 6 nitrogen and oxygen atoms in total. The molecular formula is C20H20N4O2. The minimum Gasteiger partial charge on any atom is -0.507 e. The Labute approximate surface area is 150 Å². The Kier molecular flexibility index (Phi) is 4.00. The fourth-order valence-corrected chi connectivity index (χ4v) is 4.04. The Hall–Kier alpha value is -3.07. The number of aromatic hydroxyl groups is 1. The second-order valence-electron chi connectivity index (χ2n) is 6.97. The van der Waals surface area contributed by atoms with Crippen LogP contribution in [0.3, 0.4) is 0 Å². The first kappa shape index (κ1) is 16.4. The van der Waals surface area contributed by atoms with Crippen LogP contribution in [0.15, 0.2) is 29.2 Å². The molecule has 1 aliphatic carbocycles. The standard InChI is InChI=1S/C20H20N4O2/c1-12-18(14-5-3-2-4-6-14)19-22-11-16(20(26)24(19)23-12)15-8-7-13(10-21)9-17(15)25/h7-9,11,14,23,25H,2-6H2,1H3. The summed E-state index contributed by atoms with van der Waals surface area (Å²) in [6.45, 7) is 1.98. The number of hydrogen-bond donors (Lipinski definition) is 2. The molecule has 0 saturated heterocycles. The number of nitrogens with zero attached hydrogens (tertiary/aromatic N) is 3. The van der Waals surface area contributed by atoms with Crippen molar-refractivity contribution in [3.05, 3.63) is 51.6 Å². The molecule has 1 fully saturated rings. The van der Waals surface area contributed by atoms with E-state index in [9.17, 15) is 9.90 Å². The number of nitriles is 1. The summed E-state index contributed by atoms with van der Waals surface area (Å²) in [5.41, 5.74) is 3.57. The van der Waals surface area contributed by atoms with Gasteiger partial charge in [-0.2, -0.15) is 5.26 Å². The Morgan fingerprint density at radius 3 is 2.73 bits per heavy atom. The van der Waals surface area contributed by atoms with Crippen LogP contribution < -0.4 is 5.56 Å². The Bertz CT molecular complexity index is 1080. The Morgan fingerprint density at radius 2 is 2.04 bits per heavy atom. The summed E-state index contributed by atoms with van der Waals surface area (Å²) >= 11 is 0. The number of rotatable bonds is 2. The van der Waals surface area contributed by atoms with Gasteiger partial charge in [0.2, 0.25) is 0 Å². The average Bonchev–Trinajstić information content (AvgIpc) is 3.00. The van der Waals surface area contributed by atoms with Gasteiger partial charge in [-0.3, -0.25) is 9.89 Å². The van der Waals surface area contributed by atoms with Crippen molar-refractivity contribution in [1.82, 2.24) is 14.6 Å². The molecule has 2 heterocycles. The molecule has 1 aromatic carbocycles. The number of fused-ring (bicyclic) bond motifs is 1. The summed E-state index contributed by atoms with van der Waals surface area (Å²) in [7, 11) is 0. The van der Waals surface area contributed by atoms with Crippen LogP contribution in [0.2, 0.25) is 0 Å². The van der Waals surface area contributed by atoms with Gasteiger partial charge in [-0.15, -0.1) is 0 Å². The molecule has 1 aliphatic rings. The zero-order valence-corrected chi connectivity index (χ0v) is 14.6. The van der Waals surface area contributed by atoms with Crippen molar-refractivity contribution < 1.29 is 5.11 Å². The first-order valence-electron chi connectivity index (χ1n) is 8.94. The van der Waals surface area contributed by atoms with Crippen molar-refractivity contribution in [2.75, 3.05) is 0 Å². The van der Waals surface area contributed by atoms with E-state index in [2.05, 4.69) is 10.1 Å². The van der Waals surface area contributed by atoms with Crippen LogP contribution in [0.5, 0.6) is 5.75 Å². The molecular weight excluding hydrogens is 328 g/mol. The van der Waals surface area contributed by atoms with E-state index >= 15 is 0 Å². The summed E-state index contributed by atoms with van der Waals surface area (Å²) in [6, 6.07) is 6.49. The van der Waals surface area contributed by atoms with Crippen LogP contribution in [0, 0.1) is 18.3 Å². The normalized spacial score (nSPS) is 15.2. The molecule has 0 bridgehead atoms. The van der Waals surface area contributed by atoms with Gasteiger partial charge < -0.3 is 5.11 Å². The highest BCUT2D eigenvalue weighted by molar-refractivity contribution is 5.71. The summed E-state index contributed by atoms with van der Waals surface area (Å²) in [5, 5.41) is 22.3. The molecule has 4 rings (SSSR count). The van der Waals surface area contributed by atoms with E-state index in [0.717, 1.165) is 24.1 Å². The predicted octanol–water partition coefficient (Wildman–Crippen LogP) is 3.62. The highest BCUT2D eigenvalue weighted by atomic mass is 16.3. The maximum absolute atomic E-state index is 13.0. The summed E-state index contributed by atoms with van der Waals surface area (Å²) in [5.74, 6) is 0.338. The lowest BCUT2D eigenvalue weighted by atomic mass is 9.84. The molecule has 0 spiro atoms. The Balaban J connectivity index is 1.86. The zero-order valence-electron chi connectivity index (χ0n) is 14.6. The minimum absolute atomic E-state index is 0.0984. The topological polar surface area (TPSA) is 94.2 Å². The molecule has 132 valence electrons. The number of hydrogen-bond acceptors (Lipinski definition) is 4. The minimum atomic E-state index is -0.250. The summed E-state index contributed by atoms with van der Waals surface area (Å²) in [4.78, 5) is 17.6. The van der Waals surface area contributed by atoms with Gasteiger partial charge in [0.15, 0.2) is 5.65 Å². The van der Waals surface area contributed by atoms with Crippen molar-refractivity contribution in [3.8, 4) is 22.9 Å². The molecule has 3 aromatic rings. The number of phenolic OH excluding ortho intramolecular Hbond substituents is 1. The van der Waals surface area contributed by atoms with Gasteiger partial charge in [-0.05, 0) is 43.9 Å². The number of aryl methyl sites for hydroxylation is 1. The van der Waals surface area contributed by atoms with Gasteiger partial charge in [0.25, 0.3) is 5.56 Å². The predicted molar refractivity (Wildman–Crippen MR) is 98.2 cm³/mol. The Morgan fingerprint density at radius 1 is 1.27 bits per heavy atom. The van der Waals surface area contributed by atoms with Gasteiger partial charge in [0.05, 0.1) is 17.2 Å². The lowest BCUT2D eigenvalue weighted by Crippen LogP contribution is -2.17. The van der Waals surface area contributed by atoms with Crippen molar-refractivity contribution in [1.29, 1.82) is 5.26 Å². The highest BCUT2D eigenvalue weighted by Gasteiger charge is 2.24. The maximum atomic E-state index is 13.0. The molecule has 0 radical (unpaired) electrons. The van der Waals surface area contributed by atoms with E-state index in [1.54, 1.807) is 12.1 Å². The van der Waals surface area contributed by atoms with Crippen LogP contribution in [0.4, 0.5) is 0 Å². The third-order valence-electron chi connectivity index (χ3n) is 5.32. The van der Waals surface area contributed by atoms with E-state index < -0.39 is 0 Å². The second-order valence-corrected chi connectivity index (χ2v) is 6.97. The van der Waals surface area contributed by atoms with E-state index in [0.29, 0.717) is 28.3 Å². The van der Waals surface area contributed by atoms with E-state index in [1.165, 1.54) is 36.0 Å². The fourth-order valence-electron chi connectivity index (χ4n) is 4.04. The van der Waals surface area contributed by atoms with Crippen LogP contribution in [0.25, 0.3) is 16.8 Å². The number of nitrogens with one attached hydrogen (secondary N) is 1. The summed E-state index contributed by atoms with van der Waals surface area (Å²) in [6.07, 6.45) is 7.47. The number of phenols is 1. The fraction of sp³-hybridized carbons (Fsp3) is 0.350. The van der Waals surface area contributed by atoms with Gasteiger partial charge in [0.1, 0.15) is 5.75 Å². The van der Waals surface area contributed by atoms with Gasteiger partial charge in [-0.1, -0.05) is 19.3 Å². The molecule has 0 atom stereocenters. The molecule has 1 saturated carbocycles. The van der Waals surface area contributed by atoms with Gasteiger partial charge >= 0.3 is 0 Å². The van der Waals surface area contributed by atoms with Gasteiger partial charge in [-0.25, -0.2) is 9.50 Å².